The average Bonchev–Trinajstić information content (AvgIpc) is 3.10. The monoisotopic (exact) mass is 277 g/mol. The molecule has 1 N–H and O–H groups in total. The number of rotatable bonds is 4. The van der Waals surface area contributed by atoms with Gasteiger partial charge in [0.2, 0.25) is 0 Å². The zero-order valence-electron chi connectivity index (χ0n) is 10.4. The van der Waals surface area contributed by atoms with Gasteiger partial charge in [-0.15, -0.1) is 11.3 Å². The number of benzene rings is 1. The van der Waals surface area contributed by atoms with Crippen LogP contribution in [-0.4, -0.2) is 6.04 Å². The molecule has 0 bridgehead atoms. The summed E-state index contributed by atoms with van der Waals surface area (Å²) in [5.41, 5.74) is 3.98. The third-order valence-electron chi connectivity index (χ3n) is 3.32. The SMILES string of the molecule is Cc1scc(CNC2CC2)c1-c1cccc(Cl)c1. The lowest BCUT2D eigenvalue weighted by atomic mass is 10.0. The van der Waals surface area contributed by atoms with E-state index in [1.165, 1.54) is 34.4 Å². The summed E-state index contributed by atoms with van der Waals surface area (Å²) < 4.78 is 0. The fourth-order valence-corrected chi connectivity index (χ4v) is 3.29. The van der Waals surface area contributed by atoms with E-state index in [4.69, 9.17) is 11.6 Å². The van der Waals surface area contributed by atoms with E-state index in [0.717, 1.165) is 17.6 Å². The second-order valence-electron chi connectivity index (χ2n) is 4.86. The molecule has 3 rings (SSSR count). The largest absolute Gasteiger partial charge is 0.310 e. The summed E-state index contributed by atoms with van der Waals surface area (Å²) in [7, 11) is 0. The number of nitrogens with one attached hydrogen (secondary N) is 1. The zero-order chi connectivity index (χ0) is 12.5. The predicted molar refractivity (Wildman–Crippen MR) is 79.4 cm³/mol. The fourth-order valence-electron chi connectivity index (χ4n) is 2.21. The molecule has 1 aliphatic carbocycles. The van der Waals surface area contributed by atoms with E-state index < -0.39 is 0 Å². The normalized spacial score (nSPS) is 15.0. The topological polar surface area (TPSA) is 12.0 Å². The first kappa shape index (κ1) is 12.2. The van der Waals surface area contributed by atoms with Crippen molar-refractivity contribution in [3.8, 4) is 11.1 Å². The molecule has 1 heterocycles. The van der Waals surface area contributed by atoms with Crippen LogP contribution in [0.2, 0.25) is 5.02 Å². The Hall–Kier alpha value is -0.830. The Kier molecular flexibility index (Phi) is 3.42. The predicted octanol–water partition coefficient (Wildman–Crippen LogP) is 4.63. The van der Waals surface area contributed by atoms with Crippen molar-refractivity contribution in [1.82, 2.24) is 5.32 Å². The van der Waals surface area contributed by atoms with Gasteiger partial charge in [-0.2, -0.15) is 0 Å². The van der Waals surface area contributed by atoms with Gasteiger partial charge in [0.15, 0.2) is 0 Å². The highest BCUT2D eigenvalue weighted by atomic mass is 35.5. The molecule has 0 amide bonds. The molecule has 1 fully saturated rings. The van der Waals surface area contributed by atoms with E-state index in [2.05, 4.69) is 29.8 Å². The van der Waals surface area contributed by atoms with E-state index in [-0.39, 0.29) is 0 Å². The van der Waals surface area contributed by atoms with E-state index in [1.807, 2.05) is 23.5 Å². The van der Waals surface area contributed by atoms with Crippen LogP contribution in [0, 0.1) is 6.92 Å². The Balaban J connectivity index is 1.91. The molecule has 1 aromatic carbocycles. The highest BCUT2D eigenvalue weighted by Gasteiger charge is 2.21. The van der Waals surface area contributed by atoms with Crippen LogP contribution >= 0.6 is 22.9 Å². The van der Waals surface area contributed by atoms with Gasteiger partial charge in [0, 0.05) is 22.5 Å². The quantitative estimate of drug-likeness (QED) is 0.859. The van der Waals surface area contributed by atoms with Crippen LogP contribution in [-0.2, 0) is 6.54 Å². The van der Waals surface area contributed by atoms with Crippen molar-refractivity contribution in [3.05, 3.63) is 45.1 Å². The van der Waals surface area contributed by atoms with Crippen molar-refractivity contribution in [2.24, 2.45) is 0 Å². The summed E-state index contributed by atoms with van der Waals surface area (Å²) in [6.07, 6.45) is 2.66. The van der Waals surface area contributed by atoms with Crippen LogP contribution < -0.4 is 5.32 Å². The summed E-state index contributed by atoms with van der Waals surface area (Å²) in [6, 6.07) is 8.89. The standard InChI is InChI=1S/C15H16ClNS/c1-10-15(11-3-2-4-13(16)7-11)12(9-18-10)8-17-14-5-6-14/h2-4,7,9,14,17H,5-6,8H2,1H3. The highest BCUT2D eigenvalue weighted by molar-refractivity contribution is 7.10. The van der Waals surface area contributed by atoms with Crippen molar-refractivity contribution >= 4 is 22.9 Å². The highest BCUT2D eigenvalue weighted by Crippen LogP contribution is 2.34. The summed E-state index contributed by atoms with van der Waals surface area (Å²) in [5, 5.41) is 6.65. The number of hydrogen-bond donors (Lipinski definition) is 1. The van der Waals surface area contributed by atoms with Gasteiger partial charge in [-0.05, 0) is 54.0 Å². The molecule has 0 saturated heterocycles. The molecule has 18 heavy (non-hydrogen) atoms. The molecule has 2 aromatic rings. The van der Waals surface area contributed by atoms with E-state index in [9.17, 15) is 0 Å². The molecule has 3 heteroatoms. The minimum atomic E-state index is 0.748. The van der Waals surface area contributed by atoms with Gasteiger partial charge in [-0.1, -0.05) is 23.7 Å². The summed E-state index contributed by atoms with van der Waals surface area (Å²) in [5.74, 6) is 0. The molecule has 0 unspecified atom stereocenters. The summed E-state index contributed by atoms with van der Waals surface area (Å²) in [4.78, 5) is 1.37. The maximum atomic E-state index is 6.09. The van der Waals surface area contributed by atoms with Crippen molar-refractivity contribution < 1.29 is 0 Å². The summed E-state index contributed by atoms with van der Waals surface area (Å²) >= 11 is 7.91. The van der Waals surface area contributed by atoms with Crippen LogP contribution in [0.3, 0.4) is 0 Å². The molecule has 1 nitrogen and oxygen atoms in total. The Bertz CT molecular complexity index is 557. The van der Waals surface area contributed by atoms with Gasteiger partial charge in [-0.25, -0.2) is 0 Å². The first-order valence-corrected chi connectivity index (χ1v) is 7.56. The first-order valence-electron chi connectivity index (χ1n) is 6.30. The molecule has 0 atom stereocenters. The lowest BCUT2D eigenvalue weighted by molar-refractivity contribution is 0.690. The van der Waals surface area contributed by atoms with Crippen molar-refractivity contribution in [3.63, 3.8) is 0 Å². The van der Waals surface area contributed by atoms with Gasteiger partial charge in [0.25, 0.3) is 0 Å². The molecule has 0 spiro atoms. The van der Waals surface area contributed by atoms with Gasteiger partial charge in [0.05, 0.1) is 0 Å². The molecule has 0 radical (unpaired) electrons. The molecular weight excluding hydrogens is 262 g/mol. The second kappa shape index (κ2) is 5.04. The fraction of sp³-hybridized carbons (Fsp3) is 0.333. The van der Waals surface area contributed by atoms with E-state index in [1.54, 1.807) is 0 Å². The van der Waals surface area contributed by atoms with Crippen LogP contribution in [0.15, 0.2) is 29.6 Å². The third-order valence-corrected chi connectivity index (χ3v) is 4.52. The minimum absolute atomic E-state index is 0.748. The van der Waals surface area contributed by atoms with Crippen LogP contribution in [0.1, 0.15) is 23.3 Å². The summed E-state index contributed by atoms with van der Waals surface area (Å²) in [6.45, 7) is 3.15. The third kappa shape index (κ3) is 2.61. The second-order valence-corrected chi connectivity index (χ2v) is 6.38. The molecule has 1 saturated carbocycles. The zero-order valence-corrected chi connectivity index (χ0v) is 11.9. The molecule has 1 aliphatic rings. The Morgan fingerprint density at radius 1 is 1.39 bits per heavy atom. The smallest absolute Gasteiger partial charge is 0.0412 e. The van der Waals surface area contributed by atoms with Gasteiger partial charge in [0.1, 0.15) is 0 Å². The Morgan fingerprint density at radius 3 is 2.94 bits per heavy atom. The number of hydrogen-bond acceptors (Lipinski definition) is 2. The lowest BCUT2D eigenvalue weighted by Crippen LogP contribution is -2.15. The van der Waals surface area contributed by atoms with Crippen molar-refractivity contribution in [1.29, 1.82) is 0 Å². The van der Waals surface area contributed by atoms with Crippen LogP contribution in [0.25, 0.3) is 11.1 Å². The molecule has 94 valence electrons. The number of thiophene rings is 1. The number of aryl methyl sites for hydroxylation is 1. The Labute approximate surface area is 117 Å². The van der Waals surface area contributed by atoms with Gasteiger partial charge >= 0.3 is 0 Å². The lowest BCUT2D eigenvalue weighted by Gasteiger charge is -2.07. The minimum Gasteiger partial charge on any atom is -0.310 e. The average molecular weight is 278 g/mol. The number of halogens is 1. The Morgan fingerprint density at radius 2 is 2.22 bits per heavy atom. The van der Waals surface area contributed by atoms with Gasteiger partial charge < -0.3 is 5.32 Å². The first-order chi connectivity index (χ1) is 8.74. The molecule has 0 aliphatic heterocycles. The van der Waals surface area contributed by atoms with Crippen molar-refractivity contribution in [2.45, 2.75) is 32.4 Å². The molecule has 1 aromatic heterocycles. The maximum Gasteiger partial charge on any atom is 0.0412 e. The van der Waals surface area contributed by atoms with Gasteiger partial charge in [-0.3, -0.25) is 0 Å². The van der Waals surface area contributed by atoms with E-state index in [0.29, 0.717) is 0 Å². The van der Waals surface area contributed by atoms with Crippen molar-refractivity contribution in [2.75, 3.05) is 0 Å². The van der Waals surface area contributed by atoms with Crippen LogP contribution in [0.4, 0.5) is 0 Å². The van der Waals surface area contributed by atoms with E-state index >= 15 is 0 Å². The van der Waals surface area contributed by atoms with Crippen LogP contribution in [0.5, 0.6) is 0 Å². The maximum absolute atomic E-state index is 6.09. The molecular formula is C15H16ClNS.